The number of unbranched alkanes of at least 4 members (excludes halogenated alkanes) is 4. The fraction of sp³-hybridized carbons (Fsp3) is 0.350. The van der Waals surface area contributed by atoms with E-state index in [0.29, 0.717) is 82.5 Å². The largest absolute Gasteiger partial charge is 0.383 e. The number of fused-ring (bicyclic) bond motifs is 4. The number of hydrogen-bond acceptors (Lipinski definition) is 22. The summed E-state index contributed by atoms with van der Waals surface area (Å²) in [7, 11) is 0. The number of halogens is 1. The summed E-state index contributed by atoms with van der Waals surface area (Å²) < 4.78 is 0. The van der Waals surface area contributed by atoms with Gasteiger partial charge in [-0.3, -0.25) is 24.0 Å². The topological polar surface area (TPSA) is 350 Å². The van der Waals surface area contributed by atoms with Crippen LogP contribution in [0.1, 0.15) is 258 Å². The Bertz CT molecular complexity index is 7000. The minimum atomic E-state index is -0.264. The Balaban J connectivity index is 0.000000146. The summed E-state index contributed by atoms with van der Waals surface area (Å²) in [5, 5.41) is 24.8. The third kappa shape index (κ3) is 31.1. The van der Waals surface area contributed by atoms with Gasteiger partial charge in [0, 0.05) is 179 Å². The van der Waals surface area contributed by atoms with Crippen LogP contribution in [0, 0.1) is 59.2 Å². The number of piperidine rings is 5. The number of hydrogen-bond donors (Lipinski definition) is 7. The predicted octanol–water partition coefficient (Wildman–Crippen LogP) is 19.6. The molecule has 0 aliphatic carbocycles. The maximum atomic E-state index is 12.7. The molecule has 145 heavy (non-hydrogen) atoms. The van der Waals surface area contributed by atoms with E-state index in [1.165, 1.54) is 135 Å². The Hall–Kier alpha value is -14.8. The lowest BCUT2D eigenvalue weighted by atomic mass is 10.0. The van der Waals surface area contributed by atoms with Crippen molar-refractivity contribution in [2.45, 2.75) is 173 Å². The van der Waals surface area contributed by atoms with Crippen molar-refractivity contribution >= 4 is 113 Å². The molecule has 5 aliphatic rings. The van der Waals surface area contributed by atoms with Crippen LogP contribution in [0.15, 0.2) is 207 Å². The van der Waals surface area contributed by atoms with Crippen molar-refractivity contribution in [2.75, 3.05) is 126 Å². The molecule has 24 nitrogen and oxygen atoms in total. The number of pyridine rings is 4. The molecule has 5 aliphatic heterocycles. The van der Waals surface area contributed by atoms with Gasteiger partial charge in [0.05, 0.1) is 28.8 Å². The van der Waals surface area contributed by atoms with Gasteiger partial charge in [-0.1, -0.05) is 182 Å². The molecule has 12 N–H and O–H groups in total. The summed E-state index contributed by atoms with van der Waals surface area (Å²) >= 11 is 6.15. The van der Waals surface area contributed by atoms with Crippen LogP contribution in [0.5, 0.6) is 0 Å². The van der Waals surface area contributed by atoms with E-state index in [1.54, 1.807) is 24.8 Å². The van der Waals surface area contributed by atoms with Crippen LogP contribution in [-0.4, -0.2) is 193 Å². The van der Waals surface area contributed by atoms with Crippen molar-refractivity contribution in [2.24, 2.45) is 5.73 Å². The molecule has 0 saturated carbocycles. The lowest BCUT2D eigenvalue weighted by molar-refractivity contribution is -0.116. The molecule has 0 radical (unpaired) electrons. The van der Waals surface area contributed by atoms with Gasteiger partial charge in [0.15, 0.2) is 23.1 Å². The molecule has 742 valence electrons. The molecular weight excluding hydrogens is 1820 g/mol. The fourth-order valence-electron chi connectivity index (χ4n) is 18.9. The number of nitrogens with two attached hydrogens (primary N) is 5. The molecule has 0 spiro atoms. The summed E-state index contributed by atoms with van der Waals surface area (Å²) in [4.78, 5) is 91.4. The Morgan fingerprint density at radius 2 is 0.710 bits per heavy atom. The van der Waals surface area contributed by atoms with Gasteiger partial charge < -0.3 is 58.5 Å². The zero-order valence-corrected chi connectivity index (χ0v) is 83.8. The van der Waals surface area contributed by atoms with Gasteiger partial charge >= 0.3 is 0 Å². The lowest BCUT2D eigenvalue weighted by Gasteiger charge is -2.32. The summed E-state index contributed by atoms with van der Waals surface area (Å²) in [6, 6.07) is 53.8. The van der Waals surface area contributed by atoms with Gasteiger partial charge in [-0.05, 0) is 296 Å². The number of likely N-dealkylation sites (tertiary alicyclic amines) is 4. The standard InChI is InChI=1S/C33H34N4O2.C32H39N5O.C28H29N7O.C27H28ClN3O/c1-2-32(39)35-19-8-9-26-13-17-28-24-36-33(34)29(30(28)23-26)18-14-25-11-15-27(16-12-25)31(38)10-4-7-22-37-20-5-3-6-21-37;33-27-15-20-37(21-16-27)28-13-12-26-23-35-32(34)29(30(26)22-28)14-9-24-7-10-25(11-8-24)31(38)6-2-5-19-36-17-3-1-4-18-36;29-27-24(25-18-22(28-31-33-34-32-28)12-13-23(25)19-30-27)14-9-20-7-10-21(11-8-20)26(36)6-2-5-17-35-15-3-1-4-16-35;28-23-13-12-22-19-30-27(29)24(25(22)18-23)14-9-20-7-10-21(11-8-20)26(32)6-2-5-17-31-15-3-1-4-16-31/h2,11-13,15-17,23-24H,1,3-7,10,19-22H2,(H2,34,36)(H,35,39);7-8,10-13,22-23,27H,1-6,15-21,33H2,(H2,34,35);7-8,10-13,18-19H,1-6,15-17H2,(H2,29,30)(H,31,32,33,34);7-8,10-13,18-19H,1-6,15-17H2,(H2,29,30). The first-order valence-electron chi connectivity index (χ1n) is 51.4. The number of tetrazole rings is 1. The number of aromatic amines is 1. The number of amides is 1. The summed E-state index contributed by atoms with van der Waals surface area (Å²) in [5.74, 6) is 33.9. The van der Waals surface area contributed by atoms with Crippen LogP contribution in [0.25, 0.3) is 54.5 Å². The molecule has 5 aromatic heterocycles. The van der Waals surface area contributed by atoms with Crippen molar-refractivity contribution in [1.82, 2.24) is 65.5 Å². The molecule has 1 amide bonds. The Morgan fingerprint density at radius 3 is 1.07 bits per heavy atom. The number of aromatic nitrogens is 8. The number of nitrogens with one attached hydrogen (secondary N) is 2. The van der Waals surface area contributed by atoms with Gasteiger partial charge in [-0.15, -0.1) is 10.2 Å². The van der Waals surface area contributed by atoms with Gasteiger partial charge in [0.2, 0.25) is 11.7 Å². The van der Waals surface area contributed by atoms with Crippen molar-refractivity contribution in [3.8, 4) is 70.6 Å². The van der Waals surface area contributed by atoms with Gasteiger partial charge in [-0.25, -0.2) is 19.9 Å². The molecule has 0 unspecified atom stereocenters. The molecule has 25 heteroatoms. The second kappa shape index (κ2) is 54.1. The number of Topliss-reactive ketones (excluding diaryl/α,β-unsaturated/α-hetero) is 4. The Morgan fingerprint density at radius 1 is 0.379 bits per heavy atom. The van der Waals surface area contributed by atoms with Crippen LogP contribution in [0.2, 0.25) is 5.02 Å². The Kier molecular flexibility index (Phi) is 39.0. The second-order valence-corrected chi connectivity index (χ2v) is 38.3. The first kappa shape index (κ1) is 105. The number of carbonyl (C=O) groups excluding carboxylic acids is 5. The third-order valence-corrected chi connectivity index (χ3v) is 27.6. The summed E-state index contributed by atoms with van der Waals surface area (Å²) in [5.41, 5.74) is 42.5. The molecule has 0 bridgehead atoms. The summed E-state index contributed by atoms with van der Waals surface area (Å²) in [6.45, 7) is 19.6. The van der Waals surface area contributed by atoms with Crippen molar-refractivity contribution in [3.05, 3.63) is 285 Å². The van der Waals surface area contributed by atoms with Crippen molar-refractivity contribution in [3.63, 3.8) is 0 Å². The molecule has 10 heterocycles. The van der Waals surface area contributed by atoms with E-state index in [9.17, 15) is 24.0 Å². The number of carbonyl (C=O) groups is 5. The molecule has 8 aromatic carbocycles. The van der Waals surface area contributed by atoms with E-state index in [-0.39, 0.29) is 35.6 Å². The maximum absolute atomic E-state index is 12.7. The van der Waals surface area contributed by atoms with E-state index in [1.807, 2.05) is 152 Å². The van der Waals surface area contributed by atoms with Crippen LogP contribution >= 0.6 is 11.6 Å². The highest BCUT2D eigenvalue weighted by molar-refractivity contribution is 6.31. The molecular formula is C120H130ClN19O5. The van der Waals surface area contributed by atoms with E-state index in [0.717, 1.165) is 213 Å². The molecule has 5 saturated heterocycles. The Labute approximate surface area is 856 Å². The van der Waals surface area contributed by atoms with Gasteiger partial charge in [-0.2, -0.15) is 5.21 Å². The van der Waals surface area contributed by atoms with E-state index in [2.05, 4.69) is 154 Å². The lowest BCUT2D eigenvalue weighted by Crippen LogP contribution is -2.39. The first-order valence-corrected chi connectivity index (χ1v) is 51.8. The normalized spacial score (nSPS) is 14.5. The van der Waals surface area contributed by atoms with Crippen LogP contribution < -0.4 is 38.9 Å². The maximum Gasteiger partial charge on any atom is 0.244 e. The average molecular weight is 1950 g/mol. The first-order chi connectivity index (χ1) is 70.9. The third-order valence-electron chi connectivity index (χ3n) is 27.4. The SMILES string of the molecule is C=CC(=O)NCC#Cc1ccc2cnc(N)c(C#Cc3ccc(C(=O)CCCCN4CCCCC4)cc3)c2c1.Nc1ncc2ccc(-c3nn[nH]n3)cc2c1C#Cc1ccc(C(=O)CCCCN2CCCCC2)cc1.Nc1ncc2ccc(Cl)cc2c1C#Cc1ccc(C(=O)CCCCN2CCCCC2)cc1.Nc1ncc2ccc(N3CCC(N)CC3)cc2c1C#Cc1ccc(C(=O)CCCCN2CCCCC2)cc1. The van der Waals surface area contributed by atoms with E-state index >= 15 is 0 Å². The second-order valence-electron chi connectivity index (χ2n) is 37.9. The number of nitrogens with zero attached hydrogens (tertiary/aromatic N) is 12. The zero-order chi connectivity index (χ0) is 101. The molecule has 5 fully saturated rings. The molecule has 18 rings (SSSR count). The van der Waals surface area contributed by atoms with E-state index in [4.69, 9.17) is 40.3 Å². The van der Waals surface area contributed by atoms with Gasteiger partial charge in [0.25, 0.3) is 0 Å². The minimum Gasteiger partial charge on any atom is -0.383 e. The number of ketones is 4. The highest BCUT2D eigenvalue weighted by Crippen LogP contribution is 2.33. The predicted molar refractivity (Wildman–Crippen MR) is 586 cm³/mol. The zero-order valence-electron chi connectivity index (χ0n) is 83.0. The van der Waals surface area contributed by atoms with Crippen molar-refractivity contribution < 1.29 is 24.0 Å². The monoisotopic (exact) mass is 1950 g/mol. The molecule has 13 aromatic rings. The smallest absolute Gasteiger partial charge is 0.244 e. The van der Waals surface area contributed by atoms with Crippen LogP contribution in [-0.2, 0) is 4.79 Å². The van der Waals surface area contributed by atoms with Crippen molar-refractivity contribution in [1.29, 1.82) is 0 Å². The highest BCUT2D eigenvalue weighted by atomic mass is 35.5. The summed E-state index contributed by atoms with van der Waals surface area (Å²) in [6.07, 6.45) is 36.4. The number of nitrogen functional groups attached to an aromatic ring is 4. The van der Waals surface area contributed by atoms with Crippen LogP contribution in [0.4, 0.5) is 29.0 Å². The van der Waals surface area contributed by atoms with E-state index < -0.39 is 0 Å². The number of H-pyrrole nitrogens is 1. The quantitative estimate of drug-likeness (QED) is 0.0104. The number of benzene rings is 8. The number of anilines is 5. The van der Waals surface area contributed by atoms with Crippen LogP contribution in [0.3, 0.4) is 0 Å². The van der Waals surface area contributed by atoms with Gasteiger partial charge in [0.1, 0.15) is 23.3 Å². The number of rotatable bonds is 28. The molecule has 0 atom stereocenters. The average Bonchev–Trinajstić information content (AvgIpc) is 1.25. The minimum absolute atomic E-state index is 0.174. The highest BCUT2D eigenvalue weighted by Gasteiger charge is 2.22. The fourth-order valence-corrected chi connectivity index (χ4v) is 19.1.